The van der Waals surface area contributed by atoms with Crippen molar-refractivity contribution >= 4 is 23.8 Å². The van der Waals surface area contributed by atoms with Crippen LogP contribution in [-0.4, -0.2) is 47.1 Å². The molecule has 3 N–H and O–H groups in total. The Hall–Kier alpha value is -5.00. The molecule has 1 aliphatic rings. The number of hydrogen-bond donors (Lipinski definition) is 3. The molecule has 2 amide bonds. The highest BCUT2D eigenvalue weighted by atomic mass is 32.2. The number of ether oxygens (including phenoxy) is 3. The molecule has 1 aliphatic heterocycles. The van der Waals surface area contributed by atoms with Crippen LogP contribution in [0.25, 0.3) is 11.1 Å². The number of thioether (sulfide) groups is 1. The highest BCUT2D eigenvalue weighted by Crippen LogP contribution is 2.43. The number of benzene rings is 4. The molecule has 268 valence electrons. The SMILES string of the molecule is COC(=O)[C@H](Cc1ccccc1)NC(=O)NCc1cccc(-c2ccc([C@@H]3O[C@H](CSc4ccccn4)[C@H](C)[C@H](c4ccc(CO)cc4)O3)cc2)c1. The predicted octanol–water partition coefficient (Wildman–Crippen LogP) is 7.41. The minimum atomic E-state index is -0.811. The second-order valence-electron chi connectivity index (χ2n) is 12.7. The molecule has 0 bridgehead atoms. The van der Waals surface area contributed by atoms with Crippen LogP contribution in [0, 0.1) is 5.92 Å². The summed E-state index contributed by atoms with van der Waals surface area (Å²) in [5.41, 5.74) is 6.63. The first-order valence-corrected chi connectivity index (χ1v) is 18.3. The third kappa shape index (κ3) is 9.65. The van der Waals surface area contributed by atoms with E-state index in [1.807, 2.05) is 121 Å². The van der Waals surface area contributed by atoms with E-state index >= 15 is 0 Å². The van der Waals surface area contributed by atoms with E-state index < -0.39 is 24.3 Å². The van der Waals surface area contributed by atoms with Gasteiger partial charge in [0.15, 0.2) is 6.29 Å². The van der Waals surface area contributed by atoms with Gasteiger partial charge < -0.3 is 30.0 Å². The Balaban J connectivity index is 1.12. The summed E-state index contributed by atoms with van der Waals surface area (Å²) in [5.74, 6) is 0.283. The quantitative estimate of drug-likeness (QED) is 0.0852. The molecule has 10 heteroatoms. The van der Waals surface area contributed by atoms with Gasteiger partial charge in [-0.1, -0.05) is 110 Å². The molecule has 0 aliphatic carbocycles. The molecular formula is C42H43N3O6S. The molecule has 0 saturated carbocycles. The summed E-state index contributed by atoms with van der Waals surface area (Å²) < 4.78 is 18.2. The van der Waals surface area contributed by atoms with E-state index in [4.69, 9.17) is 14.2 Å². The lowest BCUT2D eigenvalue weighted by Gasteiger charge is -2.41. The Morgan fingerprint density at radius 1 is 0.827 bits per heavy atom. The van der Waals surface area contributed by atoms with Gasteiger partial charge in [-0.3, -0.25) is 0 Å². The number of esters is 1. The summed E-state index contributed by atoms with van der Waals surface area (Å²) in [4.78, 5) is 29.7. The molecule has 9 nitrogen and oxygen atoms in total. The van der Waals surface area contributed by atoms with Crippen molar-refractivity contribution in [2.24, 2.45) is 5.92 Å². The number of rotatable bonds is 13. The van der Waals surface area contributed by atoms with E-state index in [9.17, 15) is 14.7 Å². The largest absolute Gasteiger partial charge is 0.467 e. The van der Waals surface area contributed by atoms with Gasteiger partial charge in [-0.2, -0.15) is 0 Å². The summed E-state index contributed by atoms with van der Waals surface area (Å²) >= 11 is 1.67. The van der Waals surface area contributed by atoms with Gasteiger partial charge in [0.1, 0.15) is 6.04 Å². The Morgan fingerprint density at radius 3 is 2.27 bits per heavy atom. The van der Waals surface area contributed by atoms with Crippen molar-refractivity contribution in [2.45, 2.75) is 56.1 Å². The number of aliphatic hydroxyl groups excluding tert-OH is 1. The van der Waals surface area contributed by atoms with Crippen LogP contribution in [0.2, 0.25) is 0 Å². The van der Waals surface area contributed by atoms with Gasteiger partial charge in [-0.05, 0) is 51.6 Å². The fraction of sp³-hybridized carbons (Fsp3) is 0.262. The molecule has 6 rings (SSSR count). The first-order valence-electron chi connectivity index (χ1n) is 17.3. The standard InChI is InChI=1S/C42H43N3O6S/c1-28-37(27-52-38-13-6-7-22-43-38)50-41(51-39(28)33-16-14-30(26-46)15-17-33)34-20-18-32(19-21-34)35-12-8-11-31(23-35)25-44-42(48)45-36(40(47)49-2)24-29-9-4-3-5-10-29/h3-23,28,36-37,39,41,46H,24-27H2,1-2H3,(H2,44,45,48)/t28-,36-,37+,39+,41+/m0/s1. The van der Waals surface area contributed by atoms with Crippen molar-refractivity contribution in [1.82, 2.24) is 15.6 Å². The maximum Gasteiger partial charge on any atom is 0.328 e. The molecule has 1 aromatic heterocycles. The van der Waals surface area contributed by atoms with E-state index in [1.54, 1.807) is 18.0 Å². The zero-order chi connectivity index (χ0) is 36.3. The maximum atomic E-state index is 12.8. The lowest BCUT2D eigenvalue weighted by Crippen LogP contribution is -2.47. The number of nitrogens with one attached hydrogen (secondary N) is 2. The average Bonchev–Trinajstić information content (AvgIpc) is 3.20. The molecule has 5 aromatic rings. The number of carbonyl (C=O) groups is 2. The van der Waals surface area contributed by atoms with Gasteiger partial charge in [0.05, 0.1) is 31.0 Å². The Bertz CT molecular complexity index is 1890. The Kier molecular flexibility index (Phi) is 12.7. The zero-order valence-corrected chi connectivity index (χ0v) is 30.0. The number of nitrogens with zero attached hydrogens (tertiary/aromatic N) is 1. The van der Waals surface area contributed by atoms with Crippen molar-refractivity contribution in [2.75, 3.05) is 12.9 Å². The second-order valence-corrected chi connectivity index (χ2v) is 13.8. The lowest BCUT2D eigenvalue weighted by atomic mass is 9.91. The van der Waals surface area contributed by atoms with Gasteiger partial charge in [-0.25, -0.2) is 14.6 Å². The van der Waals surface area contributed by atoms with Gasteiger partial charge in [-0.15, -0.1) is 11.8 Å². The van der Waals surface area contributed by atoms with Gasteiger partial charge in [0, 0.05) is 36.4 Å². The number of amides is 2. The van der Waals surface area contributed by atoms with Gasteiger partial charge in [0.25, 0.3) is 0 Å². The number of methoxy groups -OCH3 is 1. The Labute approximate surface area is 308 Å². The van der Waals surface area contributed by atoms with E-state index in [-0.39, 0.29) is 31.3 Å². The molecule has 5 atom stereocenters. The fourth-order valence-corrected chi connectivity index (χ4v) is 7.21. The molecule has 2 heterocycles. The topological polar surface area (TPSA) is 119 Å². The summed E-state index contributed by atoms with van der Waals surface area (Å²) in [7, 11) is 1.31. The summed E-state index contributed by atoms with van der Waals surface area (Å²) in [6, 6.07) is 38.1. The van der Waals surface area contributed by atoms with Crippen molar-refractivity contribution in [3.8, 4) is 11.1 Å². The lowest BCUT2D eigenvalue weighted by molar-refractivity contribution is -0.268. The molecule has 0 unspecified atom stereocenters. The van der Waals surface area contributed by atoms with Crippen molar-refractivity contribution in [1.29, 1.82) is 0 Å². The number of carbonyl (C=O) groups excluding carboxylic acids is 2. The number of aliphatic hydroxyl groups is 1. The molecule has 0 spiro atoms. The molecule has 1 saturated heterocycles. The van der Waals surface area contributed by atoms with Crippen LogP contribution in [0.15, 0.2) is 133 Å². The van der Waals surface area contributed by atoms with E-state index in [2.05, 4.69) is 22.5 Å². The molecule has 1 fully saturated rings. The second kappa shape index (κ2) is 18.0. The summed E-state index contributed by atoms with van der Waals surface area (Å²) in [6.45, 7) is 2.42. The van der Waals surface area contributed by atoms with Crippen LogP contribution >= 0.6 is 11.8 Å². The molecule has 4 aromatic carbocycles. The smallest absolute Gasteiger partial charge is 0.328 e. The van der Waals surface area contributed by atoms with Gasteiger partial charge in [0.2, 0.25) is 0 Å². The van der Waals surface area contributed by atoms with Crippen LogP contribution in [0.3, 0.4) is 0 Å². The fourth-order valence-electron chi connectivity index (χ4n) is 6.18. The van der Waals surface area contributed by atoms with Crippen LogP contribution in [-0.2, 0) is 38.6 Å². The third-order valence-corrected chi connectivity index (χ3v) is 10.2. The van der Waals surface area contributed by atoms with Crippen LogP contribution in [0.4, 0.5) is 4.79 Å². The number of hydrogen-bond acceptors (Lipinski definition) is 8. The molecule has 52 heavy (non-hydrogen) atoms. The predicted molar refractivity (Wildman–Crippen MR) is 201 cm³/mol. The first-order chi connectivity index (χ1) is 25.4. The maximum absolute atomic E-state index is 12.8. The summed E-state index contributed by atoms with van der Waals surface area (Å²) in [6.07, 6.45) is 1.24. The molecular weight excluding hydrogens is 675 g/mol. The number of pyridine rings is 1. The van der Waals surface area contributed by atoms with Crippen molar-refractivity contribution in [3.05, 3.63) is 155 Å². The normalized spacial score (nSPS) is 19.0. The minimum absolute atomic E-state index is 0.00973. The van der Waals surface area contributed by atoms with E-state index in [1.165, 1.54) is 7.11 Å². The minimum Gasteiger partial charge on any atom is -0.467 e. The molecule has 0 radical (unpaired) electrons. The highest BCUT2D eigenvalue weighted by molar-refractivity contribution is 7.99. The van der Waals surface area contributed by atoms with E-state index in [0.717, 1.165) is 49.7 Å². The summed E-state index contributed by atoms with van der Waals surface area (Å²) in [5, 5.41) is 16.1. The monoisotopic (exact) mass is 717 g/mol. The van der Waals surface area contributed by atoms with Crippen molar-refractivity contribution in [3.63, 3.8) is 0 Å². The van der Waals surface area contributed by atoms with Crippen LogP contribution in [0.5, 0.6) is 0 Å². The van der Waals surface area contributed by atoms with Crippen LogP contribution < -0.4 is 10.6 Å². The Morgan fingerprint density at radius 2 is 1.56 bits per heavy atom. The zero-order valence-electron chi connectivity index (χ0n) is 29.2. The first kappa shape index (κ1) is 36.8. The third-order valence-electron chi connectivity index (χ3n) is 9.13. The van der Waals surface area contributed by atoms with Gasteiger partial charge >= 0.3 is 12.0 Å². The van der Waals surface area contributed by atoms with Crippen molar-refractivity contribution < 1.29 is 28.9 Å². The van der Waals surface area contributed by atoms with Crippen LogP contribution in [0.1, 0.15) is 47.1 Å². The van der Waals surface area contributed by atoms with E-state index in [0.29, 0.717) is 6.42 Å². The number of urea groups is 1. The number of aromatic nitrogens is 1. The average molecular weight is 718 g/mol. The highest BCUT2D eigenvalue weighted by Gasteiger charge is 2.38.